The molecule has 0 radical (unpaired) electrons. The fourth-order valence-electron chi connectivity index (χ4n) is 2.37. The predicted molar refractivity (Wildman–Crippen MR) is 109 cm³/mol. The van der Waals surface area contributed by atoms with Gasteiger partial charge in [-0.2, -0.15) is 0 Å². The van der Waals surface area contributed by atoms with Gasteiger partial charge >= 0.3 is 0 Å². The molecule has 0 amide bonds. The fraction of sp³-hybridized carbons (Fsp3) is 0.100. The third-order valence-corrected chi connectivity index (χ3v) is 5.08. The highest BCUT2D eigenvalue weighted by Crippen LogP contribution is 2.34. The second kappa shape index (κ2) is 8.86. The monoisotopic (exact) mass is 416 g/mol. The molecule has 0 saturated carbocycles. The van der Waals surface area contributed by atoms with Crippen molar-refractivity contribution in [3.05, 3.63) is 71.5 Å². The van der Waals surface area contributed by atoms with E-state index >= 15 is 0 Å². The van der Waals surface area contributed by atoms with E-state index in [0.29, 0.717) is 38.4 Å². The molecular weight excluding hydrogens is 400 g/mol. The van der Waals surface area contributed by atoms with Crippen LogP contribution in [-0.4, -0.2) is 22.1 Å². The summed E-state index contributed by atoms with van der Waals surface area (Å²) in [4.78, 5) is 15.9. The van der Waals surface area contributed by atoms with Crippen molar-refractivity contribution in [2.24, 2.45) is 0 Å². The number of anilines is 1. The van der Waals surface area contributed by atoms with Crippen LogP contribution in [0.5, 0.6) is 17.2 Å². The number of hydrogen-bond acceptors (Lipinski definition) is 5. The van der Waals surface area contributed by atoms with Crippen LogP contribution in [0.15, 0.2) is 65.8 Å². The number of carbonyl (C=O) groups excluding carboxylic acids is 1. The van der Waals surface area contributed by atoms with Crippen molar-refractivity contribution in [1.29, 1.82) is 0 Å². The van der Waals surface area contributed by atoms with E-state index in [4.69, 9.17) is 21.1 Å². The molecule has 0 fully saturated rings. The number of carbonyl (C=O) groups is 1. The molecule has 1 aromatic heterocycles. The molecular formula is C20H17ClN2O4S. The molecule has 1 atom stereocenters. The lowest BCUT2D eigenvalue weighted by Gasteiger charge is -2.13. The topological polar surface area (TPSA) is 77.5 Å². The van der Waals surface area contributed by atoms with E-state index in [-0.39, 0.29) is 5.78 Å². The molecule has 1 unspecified atom stereocenters. The SMILES string of the molecule is COc1cc(NS(=O)c2ccc(C(C)=O)cc2)ccc1Oc1cncc(Cl)c1. The number of benzene rings is 2. The third-order valence-electron chi connectivity index (χ3n) is 3.76. The minimum Gasteiger partial charge on any atom is -0.493 e. The van der Waals surface area contributed by atoms with E-state index in [2.05, 4.69) is 9.71 Å². The summed E-state index contributed by atoms with van der Waals surface area (Å²) in [6, 6.07) is 13.3. The molecule has 6 nitrogen and oxygen atoms in total. The van der Waals surface area contributed by atoms with Gasteiger partial charge in [0.2, 0.25) is 0 Å². The molecule has 8 heteroatoms. The highest BCUT2D eigenvalue weighted by atomic mass is 35.5. The molecule has 1 heterocycles. The van der Waals surface area contributed by atoms with Gasteiger partial charge in [-0.05, 0) is 31.2 Å². The van der Waals surface area contributed by atoms with Gasteiger partial charge < -0.3 is 14.2 Å². The summed E-state index contributed by atoms with van der Waals surface area (Å²) in [5, 5.41) is 0.459. The molecule has 0 aliphatic carbocycles. The van der Waals surface area contributed by atoms with Crippen LogP contribution >= 0.6 is 11.6 Å². The van der Waals surface area contributed by atoms with Crippen LogP contribution < -0.4 is 14.2 Å². The van der Waals surface area contributed by atoms with E-state index < -0.39 is 11.0 Å². The third kappa shape index (κ3) is 4.88. The first-order valence-electron chi connectivity index (χ1n) is 8.22. The Bertz CT molecular complexity index is 1020. The molecule has 0 bridgehead atoms. The Morgan fingerprint density at radius 1 is 1.07 bits per heavy atom. The molecule has 3 aromatic rings. The van der Waals surface area contributed by atoms with Gasteiger partial charge in [0.05, 0.1) is 28.9 Å². The summed E-state index contributed by atoms with van der Waals surface area (Å²) in [5.74, 6) is 1.35. The smallest absolute Gasteiger partial charge is 0.169 e. The number of rotatable bonds is 7. The number of ketones is 1. The maximum absolute atomic E-state index is 12.5. The molecule has 3 rings (SSSR count). The van der Waals surface area contributed by atoms with Crippen molar-refractivity contribution < 1.29 is 18.5 Å². The summed E-state index contributed by atoms with van der Waals surface area (Å²) >= 11 is 5.92. The van der Waals surface area contributed by atoms with E-state index in [9.17, 15) is 9.00 Å². The summed E-state index contributed by atoms with van der Waals surface area (Å²) in [6.45, 7) is 1.49. The van der Waals surface area contributed by atoms with Gasteiger partial charge in [-0.3, -0.25) is 9.78 Å². The van der Waals surface area contributed by atoms with Crippen LogP contribution in [0, 0.1) is 0 Å². The molecule has 144 valence electrons. The highest BCUT2D eigenvalue weighted by molar-refractivity contribution is 7.86. The summed E-state index contributed by atoms with van der Waals surface area (Å²) in [5.41, 5.74) is 1.15. The lowest BCUT2D eigenvalue weighted by Crippen LogP contribution is -2.05. The molecule has 2 aromatic carbocycles. The van der Waals surface area contributed by atoms with Crippen LogP contribution in [0.4, 0.5) is 5.69 Å². The highest BCUT2D eigenvalue weighted by Gasteiger charge is 2.11. The predicted octanol–water partition coefficient (Wildman–Crippen LogP) is 4.87. The second-order valence-electron chi connectivity index (χ2n) is 5.76. The number of halogens is 1. The second-order valence-corrected chi connectivity index (χ2v) is 7.41. The quantitative estimate of drug-likeness (QED) is 0.556. The number of nitrogens with one attached hydrogen (secondary N) is 1. The Hall–Kier alpha value is -2.90. The number of hydrogen-bond donors (Lipinski definition) is 1. The Morgan fingerprint density at radius 3 is 2.46 bits per heavy atom. The standard InChI is InChI=1S/C20H17ClN2O4S/c1-13(24)14-3-6-18(7-4-14)28(25)23-16-5-8-19(20(10-16)26-2)27-17-9-15(21)11-22-12-17/h3-12,23H,1-2H3. The maximum Gasteiger partial charge on any atom is 0.169 e. The minimum absolute atomic E-state index is 0.0412. The van der Waals surface area contributed by atoms with Gasteiger partial charge in [-0.25, -0.2) is 4.21 Å². The van der Waals surface area contributed by atoms with Crippen LogP contribution in [0.3, 0.4) is 0 Å². The number of methoxy groups -OCH3 is 1. The first-order valence-corrected chi connectivity index (χ1v) is 9.75. The summed E-state index contributed by atoms with van der Waals surface area (Å²) in [7, 11) is 0.0146. The normalized spacial score (nSPS) is 11.5. The Kier molecular flexibility index (Phi) is 6.28. The van der Waals surface area contributed by atoms with Gasteiger partial charge in [0.25, 0.3) is 0 Å². The number of ether oxygens (including phenoxy) is 2. The van der Waals surface area contributed by atoms with Crippen LogP contribution in [0.2, 0.25) is 5.02 Å². The van der Waals surface area contributed by atoms with E-state index in [1.807, 2.05) is 0 Å². The molecule has 0 saturated heterocycles. The lowest BCUT2D eigenvalue weighted by atomic mass is 10.2. The first-order chi connectivity index (χ1) is 13.5. The van der Waals surface area contributed by atoms with Gasteiger partial charge in [-0.15, -0.1) is 0 Å². The largest absolute Gasteiger partial charge is 0.493 e. The summed E-state index contributed by atoms with van der Waals surface area (Å²) < 4.78 is 26.5. The van der Waals surface area contributed by atoms with Gasteiger partial charge in [-0.1, -0.05) is 23.7 Å². The zero-order chi connectivity index (χ0) is 20.1. The van der Waals surface area contributed by atoms with Gasteiger partial charge in [0, 0.05) is 23.9 Å². The van der Waals surface area contributed by atoms with E-state index in [1.165, 1.54) is 26.4 Å². The zero-order valence-corrected chi connectivity index (χ0v) is 16.7. The van der Waals surface area contributed by atoms with Gasteiger partial charge in [0.15, 0.2) is 17.3 Å². The molecule has 28 heavy (non-hydrogen) atoms. The van der Waals surface area contributed by atoms with Crippen LogP contribution in [0.1, 0.15) is 17.3 Å². The van der Waals surface area contributed by atoms with Gasteiger partial charge in [0.1, 0.15) is 16.7 Å². The van der Waals surface area contributed by atoms with Crippen molar-refractivity contribution in [3.63, 3.8) is 0 Å². The Labute approximate surface area is 170 Å². The fourth-order valence-corrected chi connectivity index (χ4v) is 3.38. The van der Waals surface area contributed by atoms with Crippen molar-refractivity contribution in [2.45, 2.75) is 11.8 Å². The average Bonchev–Trinajstić information content (AvgIpc) is 2.69. The lowest BCUT2D eigenvalue weighted by molar-refractivity contribution is 0.101. The number of pyridine rings is 1. The van der Waals surface area contributed by atoms with Crippen molar-refractivity contribution in [3.8, 4) is 17.2 Å². The Morgan fingerprint density at radius 2 is 1.82 bits per heavy atom. The van der Waals surface area contributed by atoms with Crippen LogP contribution in [0.25, 0.3) is 0 Å². The van der Waals surface area contributed by atoms with E-state index in [1.54, 1.807) is 48.5 Å². The van der Waals surface area contributed by atoms with Crippen molar-refractivity contribution in [1.82, 2.24) is 4.98 Å². The molecule has 0 aliphatic heterocycles. The number of Topliss-reactive ketones (excluding diaryl/α,β-unsaturated/α-hetero) is 1. The first kappa shape index (κ1) is 19.9. The Balaban J connectivity index is 1.75. The van der Waals surface area contributed by atoms with Crippen molar-refractivity contribution in [2.75, 3.05) is 11.8 Å². The average molecular weight is 417 g/mol. The van der Waals surface area contributed by atoms with Crippen LogP contribution in [-0.2, 0) is 11.0 Å². The molecule has 0 aliphatic rings. The van der Waals surface area contributed by atoms with E-state index in [0.717, 1.165) is 0 Å². The molecule has 0 spiro atoms. The maximum atomic E-state index is 12.5. The zero-order valence-electron chi connectivity index (χ0n) is 15.1. The van der Waals surface area contributed by atoms with Crippen molar-refractivity contribution >= 4 is 34.1 Å². The summed E-state index contributed by atoms with van der Waals surface area (Å²) in [6.07, 6.45) is 3.05. The molecule has 1 N–H and O–H groups in total. The minimum atomic E-state index is -1.50. The number of aromatic nitrogens is 1. The number of nitrogens with zero attached hydrogens (tertiary/aromatic N) is 1.